The quantitative estimate of drug-likeness (QED) is 0.839. The Morgan fingerprint density at radius 3 is 2.58 bits per heavy atom. The molecule has 0 atom stereocenters. The summed E-state index contributed by atoms with van der Waals surface area (Å²) in [6, 6.07) is 10.7. The SMILES string of the molecule is OB(O)c1cccc(OCc2c(F)cccc2Cl)c1. The van der Waals surface area contributed by atoms with Gasteiger partial charge >= 0.3 is 7.12 Å². The predicted octanol–water partition coefficient (Wildman–Crippen LogP) is 1.74. The molecule has 0 aromatic heterocycles. The van der Waals surface area contributed by atoms with Crippen molar-refractivity contribution in [2.75, 3.05) is 0 Å². The monoisotopic (exact) mass is 280 g/mol. The van der Waals surface area contributed by atoms with Crippen LogP contribution in [0.4, 0.5) is 4.39 Å². The van der Waals surface area contributed by atoms with Crippen LogP contribution >= 0.6 is 11.6 Å². The molecular weight excluding hydrogens is 269 g/mol. The third kappa shape index (κ3) is 3.47. The molecule has 2 N–H and O–H groups in total. The second-order valence-electron chi connectivity index (χ2n) is 3.94. The molecule has 0 aliphatic carbocycles. The third-order valence-electron chi connectivity index (χ3n) is 2.60. The van der Waals surface area contributed by atoms with E-state index >= 15 is 0 Å². The summed E-state index contributed by atoms with van der Waals surface area (Å²) in [5.74, 6) is -0.0317. The Labute approximate surface area is 115 Å². The molecule has 2 rings (SSSR count). The van der Waals surface area contributed by atoms with E-state index in [1.807, 2.05) is 0 Å². The molecule has 0 heterocycles. The highest BCUT2D eigenvalue weighted by atomic mass is 35.5. The van der Waals surface area contributed by atoms with E-state index in [1.165, 1.54) is 18.2 Å². The Hall–Kier alpha value is -1.56. The fourth-order valence-corrected chi connectivity index (χ4v) is 1.81. The minimum Gasteiger partial charge on any atom is -0.489 e. The summed E-state index contributed by atoms with van der Waals surface area (Å²) in [4.78, 5) is 0. The minimum atomic E-state index is -1.57. The van der Waals surface area contributed by atoms with E-state index in [1.54, 1.807) is 24.3 Å². The van der Waals surface area contributed by atoms with E-state index in [0.717, 1.165) is 0 Å². The van der Waals surface area contributed by atoms with E-state index in [-0.39, 0.29) is 12.2 Å². The molecule has 0 radical (unpaired) electrons. The van der Waals surface area contributed by atoms with Gasteiger partial charge in [0, 0.05) is 5.56 Å². The van der Waals surface area contributed by atoms with Crippen LogP contribution in [0.1, 0.15) is 5.56 Å². The van der Waals surface area contributed by atoms with Crippen molar-refractivity contribution in [1.82, 2.24) is 0 Å². The number of halogens is 2. The number of rotatable bonds is 4. The van der Waals surface area contributed by atoms with Crippen LogP contribution in [0.5, 0.6) is 5.75 Å². The van der Waals surface area contributed by atoms with E-state index < -0.39 is 12.9 Å². The van der Waals surface area contributed by atoms with Gasteiger partial charge in [0.25, 0.3) is 0 Å². The average Bonchev–Trinajstić information content (AvgIpc) is 2.38. The lowest BCUT2D eigenvalue weighted by molar-refractivity contribution is 0.300. The van der Waals surface area contributed by atoms with Gasteiger partial charge in [-0.15, -0.1) is 0 Å². The normalized spacial score (nSPS) is 10.3. The van der Waals surface area contributed by atoms with Crippen molar-refractivity contribution in [1.29, 1.82) is 0 Å². The standard InChI is InChI=1S/C13H11BClFO3/c15-12-5-2-6-13(16)11(12)8-19-10-4-1-3-9(7-10)14(17)18/h1-7,17-18H,8H2. The van der Waals surface area contributed by atoms with Crippen molar-refractivity contribution in [3.63, 3.8) is 0 Å². The summed E-state index contributed by atoms with van der Waals surface area (Å²) < 4.78 is 18.9. The van der Waals surface area contributed by atoms with Gasteiger partial charge < -0.3 is 14.8 Å². The zero-order valence-electron chi connectivity index (χ0n) is 9.88. The molecule has 19 heavy (non-hydrogen) atoms. The molecule has 2 aromatic rings. The number of hydrogen-bond acceptors (Lipinski definition) is 3. The van der Waals surface area contributed by atoms with Gasteiger partial charge in [-0.1, -0.05) is 29.8 Å². The first kappa shape index (κ1) is 13.9. The first-order valence-electron chi connectivity index (χ1n) is 5.59. The van der Waals surface area contributed by atoms with Gasteiger partial charge in [0.1, 0.15) is 18.2 Å². The first-order chi connectivity index (χ1) is 9.08. The van der Waals surface area contributed by atoms with Crippen molar-refractivity contribution >= 4 is 24.2 Å². The smallest absolute Gasteiger partial charge is 0.488 e. The summed E-state index contributed by atoms with van der Waals surface area (Å²) in [5.41, 5.74) is 0.566. The minimum absolute atomic E-state index is 0.0313. The molecule has 0 saturated heterocycles. The molecule has 0 bridgehead atoms. The van der Waals surface area contributed by atoms with Crippen LogP contribution in [0.15, 0.2) is 42.5 Å². The lowest BCUT2D eigenvalue weighted by Gasteiger charge is -2.09. The summed E-state index contributed by atoms with van der Waals surface area (Å²) in [7, 11) is -1.57. The van der Waals surface area contributed by atoms with Crippen molar-refractivity contribution in [3.05, 3.63) is 58.9 Å². The average molecular weight is 280 g/mol. The fourth-order valence-electron chi connectivity index (χ4n) is 1.59. The number of ether oxygens (including phenoxy) is 1. The molecule has 98 valence electrons. The summed E-state index contributed by atoms with van der Waals surface area (Å²) in [6.45, 7) is -0.0313. The Morgan fingerprint density at radius 1 is 1.16 bits per heavy atom. The Bertz CT molecular complexity index is 557. The molecule has 0 aliphatic rings. The van der Waals surface area contributed by atoms with E-state index in [9.17, 15) is 4.39 Å². The van der Waals surface area contributed by atoms with Crippen LogP contribution in [0.3, 0.4) is 0 Å². The number of benzene rings is 2. The molecular formula is C13H11BClFO3. The van der Waals surface area contributed by atoms with Gasteiger partial charge in [-0.3, -0.25) is 0 Å². The molecule has 0 aliphatic heterocycles. The molecule has 0 fully saturated rings. The van der Waals surface area contributed by atoms with Crippen molar-refractivity contribution < 1.29 is 19.2 Å². The molecule has 0 spiro atoms. The van der Waals surface area contributed by atoms with Crippen LogP contribution in [0.2, 0.25) is 5.02 Å². The van der Waals surface area contributed by atoms with Gasteiger partial charge in [-0.05, 0) is 29.7 Å². The molecule has 2 aromatic carbocycles. The molecule has 0 unspecified atom stereocenters. The van der Waals surface area contributed by atoms with E-state index in [2.05, 4.69) is 0 Å². The second kappa shape index (κ2) is 6.06. The summed E-state index contributed by atoms with van der Waals surface area (Å²) >= 11 is 5.88. The topological polar surface area (TPSA) is 49.7 Å². The summed E-state index contributed by atoms with van der Waals surface area (Å²) in [5, 5.41) is 18.4. The van der Waals surface area contributed by atoms with E-state index in [0.29, 0.717) is 16.2 Å². The molecule has 6 heteroatoms. The van der Waals surface area contributed by atoms with Crippen LogP contribution < -0.4 is 10.2 Å². The predicted molar refractivity (Wildman–Crippen MR) is 72.0 cm³/mol. The van der Waals surface area contributed by atoms with Gasteiger partial charge in [0.15, 0.2) is 0 Å². The van der Waals surface area contributed by atoms with Crippen molar-refractivity contribution in [3.8, 4) is 5.75 Å². The highest BCUT2D eigenvalue weighted by Crippen LogP contribution is 2.21. The maximum atomic E-state index is 13.5. The molecule has 3 nitrogen and oxygen atoms in total. The highest BCUT2D eigenvalue weighted by molar-refractivity contribution is 6.58. The summed E-state index contributed by atoms with van der Waals surface area (Å²) in [6.07, 6.45) is 0. The first-order valence-corrected chi connectivity index (χ1v) is 5.97. The van der Waals surface area contributed by atoms with Gasteiger partial charge in [0.05, 0.1) is 5.02 Å². The Kier molecular flexibility index (Phi) is 4.42. The second-order valence-corrected chi connectivity index (χ2v) is 4.34. The zero-order chi connectivity index (χ0) is 13.8. The van der Waals surface area contributed by atoms with Crippen LogP contribution in [0, 0.1) is 5.82 Å². The Morgan fingerprint density at radius 2 is 1.89 bits per heavy atom. The lowest BCUT2D eigenvalue weighted by atomic mass is 9.80. The van der Waals surface area contributed by atoms with Crippen molar-refractivity contribution in [2.24, 2.45) is 0 Å². The number of hydrogen-bond donors (Lipinski definition) is 2. The van der Waals surface area contributed by atoms with Gasteiger partial charge in [-0.25, -0.2) is 4.39 Å². The van der Waals surface area contributed by atoms with Crippen LogP contribution in [-0.4, -0.2) is 17.2 Å². The zero-order valence-corrected chi connectivity index (χ0v) is 10.6. The van der Waals surface area contributed by atoms with Crippen LogP contribution in [-0.2, 0) is 6.61 Å². The lowest BCUT2D eigenvalue weighted by Crippen LogP contribution is -2.29. The van der Waals surface area contributed by atoms with Gasteiger partial charge in [0.2, 0.25) is 0 Å². The van der Waals surface area contributed by atoms with Gasteiger partial charge in [-0.2, -0.15) is 0 Å². The Balaban J connectivity index is 2.12. The largest absolute Gasteiger partial charge is 0.489 e. The fraction of sp³-hybridized carbons (Fsp3) is 0.0769. The van der Waals surface area contributed by atoms with E-state index in [4.69, 9.17) is 26.4 Å². The third-order valence-corrected chi connectivity index (χ3v) is 2.96. The molecule has 0 amide bonds. The maximum absolute atomic E-state index is 13.5. The molecule has 0 saturated carbocycles. The highest BCUT2D eigenvalue weighted by Gasteiger charge is 2.12. The van der Waals surface area contributed by atoms with Crippen LogP contribution in [0.25, 0.3) is 0 Å². The van der Waals surface area contributed by atoms with Crippen molar-refractivity contribution in [2.45, 2.75) is 6.61 Å². The maximum Gasteiger partial charge on any atom is 0.488 e.